The fourth-order valence-electron chi connectivity index (χ4n) is 4.07. The molecule has 4 rings (SSSR count). The van der Waals surface area contributed by atoms with Crippen molar-refractivity contribution in [2.45, 2.75) is 24.9 Å². The summed E-state index contributed by atoms with van der Waals surface area (Å²) in [5.74, 6) is 0.540. The van der Waals surface area contributed by atoms with Crippen molar-refractivity contribution in [3.8, 4) is 5.75 Å². The van der Waals surface area contributed by atoms with Gasteiger partial charge in [-0.05, 0) is 41.7 Å². The van der Waals surface area contributed by atoms with Gasteiger partial charge in [0.15, 0.2) is 0 Å². The summed E-state index contributed by atoms with van der Waals surface area (Å²) < 4.78 is 15.9. The van der Waals surface area contributed by atoms with E-state index in [0.717, 1.165) is 23.1 Å². The second-order valence-electron chi connectivity index (χ2n) is 7.48. The van der Waals surface area contributed by atoms with Crippen LogP contribution in [-0.2, 0) is 32.8 Å². The van der Waals surface area contributed by atoms with Crippen molar-refractivity contribution in [3.63, 3.8) is 0 Å². The molecule has 7 heteroatoms. The maximum atomic E-state index is 13.2. The molecule has 158 valence electrons. The van der Waals surface area contributed by atoms with Crippen LogP contribution in [-0.4, -0.2) is 50.4 Å². The van der Waals surface area contributed by atoms with Crippen molar-refractivity contribution in [1.82, 2.24) is 10.2 Å². The fraction of sp³-hybridized carbons (Fsp3) is 0.391. The molecule has 0 aromatic heterocycles. The van der Waals surface area contributed by atoms with E-state index in [9.17, 15) is 9.59 Å². The molecule has 2 aromatic carbocycles. The monoisotopic (exact) mass is 410 g/mol. The molecular formula is C23H26N2O5. The first-order chi connectivity index (χ1) is 14.6. The number of carbonyl (C=O) groups excluding carboxylic acids is 2. The van der Waals surface area contributed by atoms with Crippen LogP contribution in [0.25, 0.3) is 0 Å². The molecule has 0 radical (unpaired) electrons. The van der Waals surface area contributed by atoms with Gasteiger partial charge in [-0.15, -0.1) is 0 Å². The molecule has 0 saturated carbocycles. The minimum absolute atomic E-state index is 0.175. The number of hydrogen-bond donors (Lipinski definition) is 1. The lowest BCUT2D eigenvalue weighted by atomic mass is 9.92. The van der Waals surface area contributed by atoms with Crippen LogP contribution in [0.15, 0.2) is 48.5 Å². The molecule has 1 unspecified atom stereocenters. The van der Waals surface area contributed by atoms with Crippen LogP contribution in [0.5, 0.6) is 5.75 Å². The standard InChI is InChI=1S/C23H26N2O5/c1-28-12-13-29-14-15-30-19-8-6-17(7-9-19)16-25-21(26)23(24-22(25)27)11-10-18-4-2-3-5-20(18)23/h2-9H,10-16H2,1H3,(H,24,27). The zero-order valence-electron chi connectivity index (χ0n) is 17.1. The summed E-state index contributed by atoms with van der Waals surface area (Å²) >= 11 is 0. The van der Waals surface area contributed by atoms with Gasteiger partial charge >= 0.3 is 6.03 Å². The van der Waals surface area contributed by atoms with Crippen molar-refractivity contribution in [2.75, 3.05) is 33.5 Å². The van der Waals surface area contributed by atoms with Crippen LogP contribution in [0, 0.1) is 0 Å². The number of rotatable bonds is 9. The van der Waals surface area contributed by atoms with Gasteiger partial charge in [-0.1, -0.05) is 36.4 Å². The molecule has 0 bridgehead atoms. The molecule has 1 atom stereocenters. The smallest absolute Gasteiger partial charge is 0.325 e. The topological polar surface area (TPSA) is 77.1 Å². The van der Waals surface area contributed by atoms with Crippen LogP contribution < -0.4 is 10.1 Å². The minimum atomic E-state index is -0.917. The van der Waals surface area contributed by atoms with Gasteiger partial charge in [0, 0.05) is 7.11 Å². The number of imide groups is 1. The zero-order chi connectivity index (χ0) is 21.0. The Hall–Kier alpha value is -2.90. The van der Waals surface area contributed by atoms with Crippen molar-refractivity contribution in [2.24, 2.45) is 0 Å². The van der Waals surface area contributed by atoms with Gasteiger partial charge in [0.2, 0.25) is 0 Å². The largest absolute Gasteiger partial charge is 0.491 e. The molecule has 2 aromatic rings. The predicted octanol–water partition coefficient (Wildman–Crippen LogP) is 2.62. The van der Waals surface area contributed by atoms with E-state index in [0.29, 0.717) is 38.6 Å². The molecule has 1 aliphatic carbocycles. The molecule has 1 spiro atoms. The number of fused-ring (bicyclic) bond motifs is 2. The van der Waals surface area contributed by atoms with Crippen LogP contribution in [0.3, 0.4) is 0 Å². The average Bonchev–Trinajstić information content (AvgIpc) is 3.25. The summed E-state index contributed by atoms with van der Waals surface area (Å²) in [6.45, 7) is 2.26. The van der Waals surface area contributed by atoms with Gasteiger partial charge in [0.05, 0.1) is 26.4 Å². The van der Waals surface area contributed by atoms with E-state index in [-0.39, 0.29) is 18.5 Å². The molecule has 2 aliphatic rings. The highest BCUT2D eigenvalue weighted by molar-refractivity contribution is 6.08. The van der Waals surface area contributed by atoms with E-state index in [1.807, 2.05) is 48.5 Å². The van der Waals surface area contributed by atoms with Crippen LogP contribution in [0.4, 0.5) is 4.79 Å². The number of amides is 3. The average molecular weight is 410 g/mol. The van der Waals surface area contributed by atoms with Crippen LogP contribution in [0.2, 0.25) is 0 Å². The lowest BCUT2D eigenvalue weighted by molar-refractivity contribution is -0.132. The van der Waals surface area contributed by atoms with Crippen molar-refractivity contribution >= 4 is 11.9 Å². The Morgan fingerprint density at radius 1 is 1.00 bits per heavy atom. The molecule has 3 amide bonds. The number of aryl methyl sites for hydroxylation is 1. The molecule has 1 heterocycles. The Morgan fingerprint density at radius 2 is 1.77 bits per heavy atom. The first-order valence-electron chi connectivity index (χ1n) is 10.1. The number of hydrogen-bond acceptors (Lipinski definition) is 5. The summed E-state index contributed by atoms with van der Waals surface area (Å²) in [4.78, 5) is 27.1. The molecule has 1 N–H and O–H groups in total. The number of carbonyl (C=O) groups is 2. The lowest BCUT2D eigenvalue weighted by Crippen LogP contribution is -2.41. The number of nitrogens with zero attached hydrogens (tertiary/aromatic N) is 1. The van der Waals surface area contributed by atoms with Gasteiger partial charge in [0.1, 0.15) is 17.9 Å². The highest BCUT2D eigenvalue weighted by atomic mass is 16.5. The summed E-state index contributed by atoms with van der Waals surface area (Å²) in [5.41, 5.74) is 1.99. The van der Waals surface area contributed by atoms with Gasteiger partial charge in [-0.2, -0.15) is 0 Å². The van der Waals surface area contributed by atoms with E-state index >= 15 is 0 Å². The van der Waals surface area contributed by atoms with E-state index < -0.39 is 5.54 Å². The Bertz CT molecular complexity index is 914. The number of nitrogens with one attached hydrogen (secondary N) is 1. The summed E-state index contributed by atoms with van der Waals surface area (Å²) in [7, 11) is 1.63. The van der Waals surface area contributed by atoms with Crippen LogP contribution >= 0.6 is 0 Å². The second-order valence-corrected chi connectivity index (χ2v) is 7.48. The van der Waals surface area contributed by atoms with Crippen molar-refractivity contribution in [3.05, 3.63) is 65.2 Å². The summed E-state index contributed by atoms with van der Waals surface area (Å²) in [5, 5.41) is 2.96. The Kier molecular flexibility index (Phi) is 6.01. The number of urea groups is 1. The maximum absolute atomic E-state index is 13.2. The highest BCUT2D eigenvalue weighted by Gasteiger charge is 2.55. The Morgan fingerprint density at radius 3 is 2.57 bits per heavy atom. The Balaban J connectivity index is 1.36. The third kappa shape index (κ3) is 3.91. The maximum Gasteiger partial charge on any atom is 0.325 e. The predicted molar refractivity (Wildman–Crippen MR) is 110 cm³/mol. The molecule has 1 fully saturated rings. The molecular weight excluding hydrogens is 384 g/mol. The third-order valence-electron chi connectivity index (χ3n) is 5.61. The second kappa shape index (κ2) is 8.85. The van der Waals surface area contributed by atoms with E-state index in [1.165, 1.54) is 4.90 Å². The van der Waals surface area contributed by atoms with Crippen LogP contribution in [0.1, 0.15) is 23.1 Å². The number of methoxy groups -OCH3 is 1. The molecule has 1 aliphatic heterocycles. The fourth-order valence-corrected chi connectivity index (χ4v) is 4.07. The quantitative estimate of drug-likeness (QED) is 0.508. The van der Waals surface area contributed by atoms with Gasteiger partial charge in [-0.25, -0.2) is 4.79 Å². The van der Waals surface area contributed by atoms with E-state index in [1.54, 1.807) is 7.11 Å². The van der Waals surface area contributed by atoms with Gasteiger partial charge in [-0.3, -0.25) is 9.69 Å². The molecule has 1 saturated heterocycles. The normalized spacial score (nSPS) is 20.0. The molecule has 30 heavy (non-hydrogen) atoms. The third-order valence-corrected chi connectivity index (χ3v) is 5.61. The SMILES string of the molecule is COCCOCCOc1ccc(CN2C(=O)NC3(CCc4ccccc43)C2=O)cc1. The highest BCUT2D eigenvalue weighted by Crippen LogP contribution is 2.41. The minimum Gasteiger partial charge on any atom is -0.491 e. The zero-order valence-corrected chi connectivity index (χ0v) is 17.1. The number of benzene rings is 2. The van der Waals surface area contributed by atoms with E-state index in [2.05, 4.69) is 5.32 Å². The Labute approximate surface area is 175 Å². The summed E-state index contributed by atoms with van der Waals surface area (Å²) in [6.07, 6.45) is 1.39. The summed E-state index contributed by atoms with van der Waals surface area (Å²) in [6, 6.07) is 14.9. The van der Waals surface area contributed by atoms with Crippen molar-refractivity contribution in [1.29, 1.82) is 0 Å². The van der Waals surface area contributed by atoms with Gasteiger partial charge in [0.25, 0.3) is 5.91 Å². The molecule has 7 nitrogen and oxygen atoms in total. The first kappa shape index (κ1) is 20.4. The lowest BCUT2D eigenvalue weighted by Gasteiger charge is -2.22. The van der Waals surface area contributed by atoms with Gasteiger partial charge < -0.3 is 19.5 Å². The number of ether oxygens (including phenoxy) is 3. The first-order valence-corrected chi connectivity index (χ1v) is 10.1. The van der Waals surface area contributed by atoms with Crippen molar-refractivity contribution < 1.29 is 23.8 Å². The van der Waals surface area contributed by atoms with E-state index in [4.69, 9.17) is 14.2 Å².